The molecule has 0 amide bonds. The molecule has 120 valence electrons. The van der Waals surface area contributed by atoms with Gasteiger partial charge in [-0.05, 0) is 11.6 Å². The van der Waals surface area contributed by atoms with Crippen LogP contribution in [0.4, 0.5) is 0 Å². The van der Waals surface area contributed by atoms with Crippen LogP contribution in [-0.2, 0) is 33.4 Å². The number of ether oxygens (including phenoxy) is 3. The average Bonchev–Trinajstić information content (AvgIpc) is 2.40. The Morgan fingerprint density at radius 2 is 1.73 bits per heavy atom. The molecule has 8 heteroatoms. The third-order valence-corrected chi connectivity index (χ3v) is 2.66. The summed E-state index contributed by atoms with van der Waals surface area (Å²) in [7, 11) is 1.11. The van der Waals surface area contributed by atoms with Crippen LogP contribution in [0.2, 0.25) is 0 Å². The number of hydrogen-bond acceptors (Lipinski definition) is 8. The van der Waals surface area contributed by atoms with Gasteiger partial charge in [-0.15, -0.1) is 0 Å². The normalized spacial score (nSPS) is 17.3. The molecule has 1 aliphatic rings. The standard InChI is InChI=1S/C14H16O8/c1-8(15)21-14(22-9(2)16)7-10(4-5-12(14)18)6-11(17)13(19)20-3/h4-5,7,11,17H,6H2,1-3H3/t11-/m1/s1. The molecule has 1 aliphatic carbocycles. The zero-order chi connectivity index (χ0) is 16.9. The second kappa shape index (κ2) is 6.99. The molecule has 1 atom stereocenters. The van der Waals surface area contributed by atoms with Crippen LogP contribution in [-0.4, -0.2) is 47.8 Å². The zero-order valence-electron chi connectivity index (χ0n) is 12.3. The second-order valence-electron chi connectivity index (χ2n) is 4.51. The number of ketones is 1. The van der Waals surface area contributed by atoms with E-state index in [-0.39, 0.29) is 12.0 Å². The molecule has 0 bridgehead atoms. The van der Waals surface area contributed by atoms with E-state index in [2.05, 4.69) is 4.74 Å². The fourth-order valence-electron chi connectivity index (χ4n) is 1.84. The summed E-state index contributed by atoms with van der Waals surface area (Å²) in [6.45, 7) is 2.10. The van der Waals surface area contributed by atoms with Crippen LogP contribution >= 0.6 is 0 Å². The maximum Gasteiger partial charge on any atom is 0.341 e. The predicted molar refractivity (Wildman–Crippen MR) is 71.1 cm³/mol. The van der Waals surface area contributed by atoms with Crippen LogP contribution < -0.4 is 0 Å². The molecule has 0 saturated heterocycles. The van der Waals surface area contributed by atoms with Gasteiger partial charge in [0.2, 0.25) is 5.78 Å². The van der Waals surface area contributed by atoms with E-state index in [9.17, 15) is 24.3 Å². The molecule has 0 aliphatic heterocycles. The molecule has 0 unspecified atom stereocenters. The number of carbonyl (C=O) groups excluding carboxylic acids is 4. The van der Waals surface area contributed by atoms with E-state index in [1.165, 1.54) is 6.08 Å². The van der Waals surface area contributed by atoms with Crippen molar-refractivity contribution in [3.63, 3.8) is 0 Å². The van der Waals surface area contributed by atoms with Crippen LogP contribution in [0.3, 0.4) is 0 Å². The largest absolute Gasteiger partial charge is 0.467 e. The maximum absolute atomic E-state index is 12.0. The Morgan fingerprint density at radius 3 is 2.18 bits per heavy atom. The highest BCUT2D eigenvalue weighted by Crippen LogP contribution is 2.27. The first kappa shape index (κ1) is 17.6. The van der Waals surface area contributed by atoms with Crippen molar-refractivity contribution in [2.24, 2.45) is 0 Å². The summed E-state index contributed by atoms with van der Waals surface area (Å²) >= 11 is 0. The van der Waals surface area contributed by atoms with E-state index < -0.39 is 35.6 Å². The van der Waals surface area contributed by atoms with Gasteiger partial charge in [0, 0.05) is 26.3 Å². The highest BCUT2D eigenvalue weighted by atomic mass is 16.7. The molecule has 0 aromatic heterocycles. The molecule has 0 aromatic carbocycles. The van der Waals surface area contributed by atoms with Crippen molar-refractivity contribution in [1.29, 1.82) is 0 Å². The number of allylic oxidation sites excluding steroid dienone is 1. The fraction of sp³-hybridized carbons (Fsp3) is 0.429. The van der Waals surface area contributed by atoms with Gasteiger partial charge < -0.3 is 19.3 Å². The first-order valence-corrected chi connectivity index (χ1v) is 6.29. The number of hydrogen-bond donors (Lipinski definition) is 1. The van der Waals surface area contributed by atoms with Gasteiger partial charge in [-0.1, -0.05) is 6.08 Å². The molecule has 0 spiro atoms. The number of aliphatic hydroxyl groups is 1. The van der Waals surface area contributed by atoms with Gasteiger partial charge in [0.1, 0.15) is 0 Å². The van der Waals surface area contributed by atoms with Crippen LogP contribution in [0.1, 0.15) is 20.3 Å². The fourth-order valence-corrected chi connectivity index (χ4v) is 1.84. The van der Waals surface area contributed by atoms with E-state index in [0.717, 1.165) is 33.1 Å². The number of carbonyl (C=O) groups is 4. The Labute approximate surface area is 126 Å². The molecule has 0 fully saturated rings. The summed E-state index contributed by atoms with van der Waals surface area (Å²) in [6, 6.07) is 0. The summed E-state index contributed by atoms with van der Waals surface area (Å²) in [5.41, 5.74) is 0.264. The molecule has 0 radical (unpaired) electrons. The summed E-state index contributed by atoms with van der Waals surface area (Å²) in [5, 5.41) is 9.62. The molecule has 0 heterocycles. The van der Waals surface area contributed by atoms with Crippen molar-refractivity contribution in [2.75, 3.05) is 7.11 Å². The lowest BCUT2D eigenvalue weighted by atomic mass is 9.96. The lowest BCUT2D eigenvalue weighted by Crippen LogP contribution is -2.46. The number of methoxy groups -OCH3 is 1. The third-order valence-electron chi connectivity index (χ3n) is 2.66. The molecular weight excluding hydrogens is 296 g/mol. The van der Waals surface area contributed by atoms with E-state index >= 15 is 0 Å². The van der Waals surface area contributed by atoms with Crippen LogP contribution in [0.5, 0.6) is 0 Å². The minimum atomic E-state index is -2.22. The number of esters is 3. The minimum absolute atomic E-state index is 0.208. The number of aliphatic hydroxyl groups excluding tert-OH is 1. The lowest BCUT2D eigenvalue weighted by molar-refractivity contribution is -0.207. The topological polar surface area (TPSA) is 116 Å². The molecule has 8 nitrogen and oxygen atoms in total. The van der Waals surface area contributed by atoms with Crippen LogP contribution in [0.25, 0.3) is 0 Å². The Bertz CT molecular complexity index is 541. The first-order valence-electron chi connectivity index (χ1n) is 6.29. The highest BCUT2D eigenvalue weighted by molar-refractivity contribution is 6.01. The van der Waals surface area contributed by atoms with Gasteiger partial charge in [-0.2, -0.15) is 0 Å². The number of rotatable bonds is 5. The van der Waals surface area contributed by atoms with Crippen molar-refractivity contribution in [3.8, 4) is 0 Å². The highest BCUT2D eigenvalue weighted by Gasteiger charge is 2.44. The summed E-state index contributed by atoms with van der Waals surface area (Å²) in [6.07, 6.45) is 1.75. The van der Waals surface area contributed by atoms with E-state index in [1.54, 1.807) is 0 Å². The Balaban J connectivity index is 3.11. The predicted octanol–water partition coefficient (Wildman–Crippen LogP) is -0.202. The van der Waals surface area contributed by atoms with Crippen molar-refractivity contribution < 1.29 is 38.5 Å². The van der Waals surface area contributed by atoms with Crippen molar-refractivity contribution in [3.05, 3.63) is 23.8 Å². The van der Waals surface area contributed by atoms with Crippen LogP contribution in [0, 0.1) is 0 Å². The maximum atomic E-state index is 12.0. The van der Waals surface area contributed by atoms with E-state index in [1.807, 2.05) is 0 Å². The quantitative estimate of drug-likeness (QED) is 0.548. The zero-order valence-corrected chi connectivity index (χ0v) is 12.3. The van der Waals surface area contributed by atoms with Gasteiger partial charge in [-0.25, -0.2) is 4.79 Å². The monoisotopic (exact) mass is 312 g/mol. The van der Waals surface area contributed by atoms with Crippen molar-refractivity contribution in [1.82, 2.24) is 0 Å². The van der Waals surface area contributed by atoms with Crippen molar-refractivity contribution in [2.45, 2.75) is 32.2 Å². The van der Waals surface area contributed by atoms with Gasteiger partial charge >= 0.3 is 23.7 Å². The Kier molecular flexibility index (Phi) is 5.58. The Morgan fingerprint density at radius 1 is 1.18 bits per heavy atom. The van der Waals surface area contributed by atoms with Crippen LogP contribution in [0.15, 0.2) is 23.8 Å². The minimum Gasteiger partial charge on any atom is -0.467 e. The van der Waals surface area contributed by atoms with Crippen molar-refractivity contribution >= 4 is 23.7 Å². The van der Waals surface area contributed by atoms with Gasteiger partial charge in [0.25, 0.3) is 0 Å². The average molecular weight is 312 g/mol. The summed E-state index contributed by atoms with van der Waals surface area (Å²) in [5.74, 6) is -5.54. The van der Waals surface area contributed by atoms with Gasteiger partial charge in [0.15, 0.2) is 6.10 Å². The Hall–Kier alpha value is -2.48. The first-order chi connectivity index (χ1) is 10.2. The van der Waals surface area contributed by atoms with E-state index in [4.69, 9.17) is 9.47 Å². The molecular formula is C14H16O8. The second-order valence-corrected chi connectivity index (χ2v) is 4.51. The SMILES string of the molecule is COC(=O)[C@H](O)CC1=CC(OC(C)=O)(OC(C)=O)C(=O)C=C1. The van der Waals surface area contributed by atoms with E-state index in [0.29, 0.717) is 0 Å². The van der Waals surface area contributed by atoms with Gasteiger partial charge in [0.05, 0.1) is 7.11 Å². The lowest BCUT2D eigenvalue weighted by Gasteiger charge is -2.29. The molecule has 1 N–H and O–H groups in total. The van der Waals surface area contributed by atoms with Gasteiger partial charge in [-0.3, -0.25) is 14.4 Å². The molecule has 0 aromatic rings. The molecule has 1 rings (SSSR count). The summed E-state index contributed by atoms with van der Waals surface area (Å²) in [4.78, 5) is 45.5. The molecule has 22 heavy (non-hydrogen) atoms. The smallest absolute Gasteiger partial charge is 0.341 e. The third kappa shape index (κ3) is 4.26. The summed E-state index contributed by atoms with van der Waals surface area (Å²) < 4.78 is 14.1. The molecule has 0 saturated carbocycles.